The van der Waals surface area contributed by atoms with Crippen LogP contribution in [0.4, 0.5) is 4.39 Å². The summed E-state index contributed by atoms with van der Waals surface area (Å²) in [7, 11) is 1.99. The van der Waals surface area contributed by atoms with Crippen molar-refractivity contribution in [3.8, 4) is 11.3 Å². The highest BCUT2D eigenvalue weighted by atomic mass is 19.1. The van der Waals surface area contributed by atoms with Gasteiger partial charge in [-0.15, -0.1) is 0 Å². The molecule has 0 saturated carbocycles. The predicted molar refractivity (Wildman–Crippen MR) is 98.1 cm³/mol. The molecular weight excluding hydrogens is 331 g/mol. The third-order valence-electron chi connectivity index (χ3n) is 5.90. The first-order valence-corrected chi connectivity index (χ1v) is 9.29. The third-order valence-corrected chi connectivity index (χ3v) is 5.90. The standard InChI is InChI=1S/C20H25FN4O/c1-13(26)22-11-17-9-15-7-8-25(17)12-18(15)20-10-19(23-24(20)2)14-3-5-16(21)6-4-14/h3-6,10,15,17-18H,7-9,11-12H2,1-2H3,(H,22,26)/t15-,17+,18-/m0/s1. The first kappa shape index (κ1) is 17.2. The van der Waals surface area contributed by atoms with Crippen LogP contribution in [0.3, 0.4) is 0 Å². The molecular formula is C20H25FN4O. The number of hydrogen-bond donors (Lipinski definition) is 1. The van der Waals surface area contributed by atoms with Crippen molar-refractivity contribution in [3.05, 3.63) is 41.8 Å². The highest BCUT2D eigenvalue weighted by Crippen LogP contribution is 2.42. The fourth-order valence-electron chi connectivity index (χ4n) is 4.54. The van der Waals surface area contributed by atoms with Crippen LogP contribution < -0.4 is 5.32 Å². The van der Waals surface area contributed by atoms with E-state index in [9.17, 15) is 9.18 Å². The van der Waals surface area contributed by atoms with Crippen LogP contribution in [-0.2, 0) is 11.8 Å². The maximum Gasteiger partial charge on any atom is 0.216 e. The molecule has 6 heteroatoms. The van der Waals surface area contributed by atoms with E-state index in [4.69, 9.17) is 0 Å². The Bertz CT molecular complexity index is 801. The van der Waals surface area contributed by atoms with E-state index in [1.54, 1.807) is 19.1 Å². The number of aryl methyl sites for hydroxylation is 1. The van der Waals surface area contributed by atoms with Gasteiger partial charge in [-0.2, -0.15) is 5.10 Å². The molecule has 138 valence electrons. The lowest BCUT2D eigenvalue weighted by Crippen LogP contribution is -2.56. The molecule has 3 aliphatic heterocycles. The number of aromatic nitrogens is 2. The smallest absolute Gasteiger partial charge is 0.216 e. The van der Waals surface area contributed by atoms with Crippen LogP contribution in [0.15, 0.2) is 30.3 Å². The number of carbonyl (C=O) groups excluding carboxylic acids is 1. The number of carbonyl (C=O) groups is 1. The number of hydrogen-bond acceptors (Lipinski definition) is 3. The summed E-state index contributed by atoms with van der Waals surface area (Å²) in [6.07, 6.45) is 2.31. The lowest BCUT2D eigenvalue weighted by atomic mass is 9.74. The van der Waals surface area contributed by atoms with Crippen molar-refractivity contribution in [1.29, 1.82) is 0 Å². The average molecular weight is 356 g/mol. The summed E-state index contributed by atoms with van der Waals surface area (Å²) in [5.41, 5.74) is 3.09. The molecule has 0 aliphatic carbocycles. The summed E-state index contributed by atoms with van der Waals surface area (Å²) in [5, 5.41) is 7.63. The first-order chi connectivity index (χ1) is 12.5. The predicted octanol–water partition coefficient (Wildman–Crippen LogP) is 2.54. The van der Waals surface area contributed by atoms with E-state index in [-0.39, 0.29) is 11.7 Å². The SMILES string of the molecule is CC(=O)NC[C@H]1C[C@@H]2CCN1C[C@@H]2c1cc(-c2ccc(F)cc2)nn1C. The van der Waals surface area contributed by atoms with Gasteiger partial charge >= 0.3 is 0 Å². The van der Waals surface area contributed by atoms with Crippen molar-refractivity contribution in [2.45, 2.75) is 31.7 Å². The Labute approximate surface area is 153 Å². The van der Waals surface area contributed by atoms with Gasteiger partial charge in [-0.05, 0) is 55.6 Å². The van der Waals surface area contributed by atoms with Crippen LogP contribution in [0.1, 0.15) is 31.4 Å². The van der Waals surface area contributed by atoms with E-state index in [1.807, 2.05) is 11.7 Å². The number of amides is 1. The Morgan fingerprint density at radius 2 is 2.12 bits per heavy atom. The summed E-state index contributed by atoms with van der Waals surface area (Å²) in [4.78, 5) is 13.7. The summed E-state index contributed by atoms with van der Waals surface area (Å²) in [5.74, 6) is 0.895. The topological polar surface area (TPSA) is 50.2 Å². The Morgan fingerprint density at radius 3 is 2.77 bits per heavy atom. The van der Waals surface area contributed by atoms with Crippen LogP contribution in [0.25, 0.3) is 11.3 Å². The van der Waals surface area contributed by atoms with Crippen LogP contribution in [0.2, 0.25) is 0 Å². The molecule has 1 unspecified atom stereocenters. The third kappa shape index (κ3) is 3.26. The molecule has 4 atom stereocenters. The molecule has 5 rings (SSSR count). The van der Waals surface area contributed by atoms with Crippen molar-refractivity contribution in [2.24, 2.45) is 13.0 Å². The average Bonchev–Trinajstić information content (AvgIpc) is 3.02. The van der Waals surface area contributed by atoms with E-state index in [1.165, 1.54) is 24.2 Å². The van der Waals surface area contributed by atoms with Crippen LogP contribution in [0, 0.1) is 11.7 Å². The van der Waals surface area contributed by atoms with Crippen molar-refractivity contribution >= 4 is 5.91 Å². The van der Waals surface area contributed by atoms with Gasteiger partial charge in [-0.3, -0.25) is 14.4 Å². The van der Waals surface area contributed by atoms with Crippen molar-refractivity contribution in [2.75, 3.05) is 19.6 Å². The number of benzene rings is 1. The minimum atomic E-state index is -0.229. The molecule has 2 bridgehead atoms. The van der Waals surface area contributed by atoms with Crippen molar-refractivity contribution < 1.29 is 9.18 Å². The van der Waals surface area contributed by atoms with E-state index in [0.717, 1.165) is 37.3 Å². The highest BCUT2D eigenvalue weighted by Gasteiger charge is 2.41. The van der Waals surface area contributed by atoms with Gasteiger partial charge in [0.2, 0.25) is 5.91 Å². The van der Waals surface area contributed by atoms with Gasteiger partial charge in [0, 0.05) is 50.3 Å². The summed E-state index contributed by atoms with van der Waals surface area (Å²) in [6.45, 7) is 4.43. The van der Waals surface area contributed by atoms with Crippen molar-refractivity contribution in [3.63, 3.8) is 0 Å². The molecule has 0 spiro atoms. The summed E-state index contributed by atoms with van der Waals surface area (Å²) >= 11 is 0. The second kappa shape index (κ2) is 6.83. The Hall–Kier alpha value is -2.21. The lowest BCUT2D eigenvalue weighted by Gasteiger charge is -2.49. The molecule has 1 aromatic carbocycles. The minimum Gasteiger partial charge on any atom is -0.355 e. The first-order valence-electron chi connectivity index (χ1n) is 9.29. The van der Waals surface area contributed by atoms with Gasteiger partial charge in [-0.25, -0.2) is 4.39 Å². The quantitative estimate of drug-likeness (QED) is 0.916. The van der Waals surface area contributed by atoms with Gasteiger partial charge in [-0.1, -0.05) is 0 Å². The van der Waals surface area contributed by atoms with Gasteiger partial charge in [0.15, 0.2) is 0 Å². The Balaban J connectivity index is 1.52. The Kier molecular flexibility index (Phi) is 4.53. The number of nitrogens with zero attached hydrogens (tertiary/aromatic N) is 3. The summed E-state index contributed by atoms with van der Waals surface area (Å²) < 4.78 is 15.2. The van der Waals surface area contributed by atoms with Crippen molar-refractivity contribution in [1.82, 2.24) is 20.0 Å². The van der Waals surface area contributed by atoms with Gasteiger partial charge in [0.05, 0.1) is 5.69 Å². The minimum absolute atomic E-state index is 0.0415. The largest absolute Gasteiger partial charge is 0.355 e. The molecule has 3 aliphatic rings. The maximum atomic E-state index is 13.2. The molecule has 0 radical (unpaired) electrons. The van der Waals surface area contributed by atoms with Crippen LogP contribution >= 0.6 is 0 Å². The van der Waals surface area contributed by atoms with E-state index in [0.29, 0.717) is 17.9 Å². The fourth-order valence-corrected chi connectivity index (χ4v) is 4.54. The normalized spacial score (nSPS) is 27.5. The number of nitrogens with one attached hydrogen (secondary N) is 1. The lowest BCUT2D eigenvalue weighted by molar-refractivity contribution is -0.119. The highest BCUT2D eigenvalue weighted by molar-refractivity contribution is 5.72. The zero-order valence-corrected chi connectivity index (χ0v) is 15.3. The van der Waals surface area contributed by atoms with Crippen LogP contribution in [-0.4, -0.2) is 46.3 Å². The number of rotatable bonds is 4. The zero-order valence-electron chi connectivity index (χ0n) is 15.3. The molecule has 1 amide bonds. The molecule has 26 heavy (non-hydrogen) atoms. The van der Waals surface area contributed by atoms with E-state index in [2.05, 4.69) is 21.4 Å². The number of piperidine rings is 3. The van der Waals surface area contributed by atoms with E-state index >= 15 is 0 Å². The second-order valence-electron chi connectivity index (χ2n) is 7.56. The van der Waals surface area contributed by atoms with Gasteiger partial charge < -0.3 is 5.32 Å². The monoisotopic (exact) mass is 356 g/mol. The number of fused-ring (bicyclic) bond motifs is 3. The Morgan fingerprint density at radius 1 is 1.35 bits per heavy atom. The molecule has 3 saturated heterocycles. The van der Waals surface area contributed by atoms with E-state index < -0.39 is 0 Å². The summed E-state index contributed by atoms with van der Waals surface area (Å²) in [6, 6.07) is 9.11. The van der Waals surface area contributed by atoms with Gasteiger partial charge in [0.1, 0.15) is 5.82 Å². The molecule has 1 N–H and O–H groups in total. The second-order valence-corrected chi connectivity index (χ2v) is 7.56. The molecule has 1 aromatic heterocycles. The molecule has 3 fully saturated rings. The van der Waals surface area contributed by atoms with Crippen LogP contribution in [0.5, 0.6) is 0 Å². The fraction of sp³-hybridized carbons (Fsp3) is 0.500. The molecule has 5 nitrogen and oxygen atoms in total. The maximum absolute atomic E-state index is 13.2. The number of halogens is 1. The molecule has 2 aromatic rings. The van der Waals surface area contributed by atoms with Gasteiger partial charge in [0.25, 0.3) is 0 Å². The zero-order chi connectivity index (χ0) is 18.3. The molecule has 4 heterocycles.